The van der Waals surface area contributed by atoms with Crippen LogP contribution in [-0.4, -0.2) is 307 Å². The number of ether oxygens (including phenoxy) is 13. The number of fused-ring (bicyclic) bond motifs is 1. The summed E-state index contributed by atoms with van der Waals surface area (Å²) in [6.07, 6.45) is 35.9. The van der Waals surface area contributed by atoms with Crippen molar-refractivity contribution in [2.75, 3.05) is 180 Å². The Bertz CT molecular complexity index is 3600. The number of hydrogen-bond acceptors (Lipinski definition) is 24. The van der Waals surface area contributed by atoms with E-state index in [-0.39, 0.29) is 73.6 Å². The van der Waals surface area contributed by atoms with Gasteiger partial charge in [-0.3, -0.25) is 14.4 Å². The predicted octanol–water partition coefficient (Wildman–Crippen LogP) is 9.93. The molecule has 121 heavy (non-hydrogen) atoms. The number of carbonyl (C=O) groups excluding carboxylic acids is 2. The van der Waals surface area contributed by atoms with E-state index in [4.69, 9.17) is 73.0 Å². The van der Waals surface area contributed by atoms with Gasteiger partial charge in [-0.25, -0.2) is 0 Å². The number of carboxylic acids is 1. The van der Waals surface area contributed by atoms with E-state index in [0.29, 0.717) is 62.4 Å². The standard InChI is InChI=1S/C19H17P.C14H24N2O.C13H22N2O3.C12H21NO3.C10H17NO2.C9H14O3.C9H14O2.C8H12O3.3H2O/c1-20(17-11-5-2-6-12-17,18-13-7-3-8-14-18)19-15-9-4-10-16-19;1-15-10-11-17-14(12-15)6-4-13(5-7-14)16-8-2-3-9-16;1-15-4-5-18-13(8-15)3-2-10-9(7-13)6-11(14-10)12(16)17;1-13-6-7-14-11(10-13)2-4-12(5-3-11)15-8-9-16-12;1-11-6-7-13-10(8-11)4-2-9(12)3-5-10;1-3-9(10-5-6-11-9)4-2-8(1)7-12-8;1-8-2-4-9(5-3-8)10-6-7-11-9;9-7-1-3-8(4-2-7)10-5-6-11-8;;;/h2-16H,1H2;4H,2-3,5-12H2,1H3;9-11,14H,2-8H2,1H3,(H,16,17);2-10H2,1H3;2-8H2,1H3;1-7H2;1-7H2;1-6H2;3*1H2/p-1. The molecule has 7 aliphatic carbocycles. The Labute approximate surface area is 720 Å². The van der Waals surface area contributed by atoms with Gasteiger partial charge >= 0.3 is 5.97 Å². The molecule has 11 heterocycles. The van der Waals surface area contributed by atoms with Gasteiger partial charge in [0, 0.05) is 154 Å². The number of morpholine rings is 4. The molecule has 3 aromatic rings. The molecule has 6 saturated carbocycles. The third-order valence-electron chi connectivity index (χ3n) is 28.4. The first kappa shape index (κ1) is 96.8. The summed E-state index contributed by atoms with van der Waals surface area (Å²) < 4.78 is 74.2. The highest BCUT2D eigenvalue weighted by atomic mass is 31.2. The summed E-state index contributed by atoms with van der Waals surface area (Å²) in [6, 6.07) is 32.0. The second-order valence-electron chi connectivity index (χ2n) is 37.1. The normalized spacial score (nSPS) is 30.1. The van der Waals surface area contributed by atoms with E-state index in [9.17, 15) is 14.4 Å². The lowest BCUT2D eigenvalue weighted by Gasteiger charge is -2.47. The molecule has 9 spiro atoms. The number of carboxylic acid groups (broad SMARTS) is 1. The van der Waals surface area contributed by atoms with Crippen LogP contribution in [-0.2, 0) is 81.4 Å². The maximum Gasteiger partial charge on any atom is 0.320 e. The van der Waals surface area contributed by atoms with E-state index in [1.54, 1.807) is 5.70 Å². The van der Waals surface area contributed by atoms with Crippen LogP contribution < -0.4 is 21.2 Å². The van der Waals surface area contributed by atoms with Crippen molar-refractivity contribution < 1.29 is 97.5 Å². The van der Waals surface area contributed by atoms with Crippen molar-refractivity contribution in [1.82, 2.24) is 29.8 Å². The number of likely N-dealkylation sites (N-methyl/N-ethyl adjacent to an activating group) is 4. The molecular formula is C94H146N6O20P-. The Morgan fingerprint density at radius 1 is 0.421 bits per heavy atom. The van der Waals surface area contributed by atoms with E-state index in [1.165, 1.54) is 60.3 Å². The molecule has 27 heteroatoms. The molecule has 26 nitrogen and oxygen atoms in total. The number of likely N-dealkylation sites (tertiary alicyclic amines) is 1. The van der Waals surface area contributed by atoms with Crippen LogP contribution >= 0.6 is 6.89 Å². The zero-order valence-corrected chi connectivity index (χ0v) is 74.2. The molecule has 3 aromatic carbocycles. The third kappa shape index (κ3) is 25.6. The van der Waals surface area contributed by atoms with Crippen molar-refractivity contribution in [2.24, 2.45) is 5.92 Å². The smallest absolute Gasteiger partial charge is 0.320 e. The van der Waals surface area contributed by atoms with Crippen LogP contribution in [0.1, 0.15) is 186 Å². The SMILES string of the molecule is C1COC2(CCC3(CC2)CO3)O1.C=C1CCC2(CC1)OCCO2.C=P(c1ccccc1)(c1ccccc1)c1ccccc1.CN1CCOC2(CC=C(N3CCCC3)CC2)C1.CN1CCOC2(CCC(=O)CC2)C1.CN1CCOC2(CCC3(CC2)OCCO3)C1.CN1CCOC2(CCC3NC(C(=O)O)CC3C2)C1.O=C1CCC2(CC1)OCCO2.[OH-].[OH-].[OH3+]. The topological polar surface area (TPSA) is 316 Å². The molecule has 0 bridgehead atoms. The van der Waals surface area contributed by atoms with Crippen molar-refractivity contribution >= 4 is 46.6 Å². The van der Waals surface area contributed by atoms with Gasteiger partial charge < -0.3 is 113 Å². The zero-order chi connectivity index (χ0) is 82.2. The number of benzene rings is 3. The Balaban J connectivity index is 0.000000136. The van der Waals surface area contributed by atoms with Crippen LogP contribution in [0.4, 0.5) is 0 Å². The number of ketones is 2. The maximum absolute atomic E-state index is 11.1. The van der Waals surface area contributed by atoms with Crippen LogP contribution in [0.25, 0.3) is 0 Å². The van der Waals surface area contributed by atoms with Gasteiger partial charge in [0.05, 0.1) is 114 Å². The molecule has 18 aliphatic rings. The summed E-state index contributed by atoms with van der Waals surface area (Å²) in [6.45, 7) is 23.4. The summed E-state index contributed by atoms with van der Waals surface area (Å²) in [5, 5.41) is 16.3. The number of hydrogen-bond donors (Lipinski definition) is 2. The fourth-order valence-corrected chi connectivity index (χ4v) is 24.1. The third-order valence-corrected chi connectivity index (χ3v) is 32.0. The van der Waals surface area contributed by atoms with Crippen molar-refractivity contribution in [2.45, 2.75) is 249 Å². The molecule has 0 amide bonds. The Morgan fingerprint density at radius 2 is 0.769 bits per heavy atom. The highest BCUT2D eigenvalue weighted by molar-refractivity contribution is 7.93. The number of nitrogens with zero attached hydrogens (tertiary/aromatic N) is 5. The fraction of sp³-hybridized carbons (Fsp3) is 0.723. The van der Waals surface area contributed by atoms with Gasteiger partial charge in [0.2, 0.25) is 0 Å². The maximum atomic E-state index is 11.1. The number of aliphatic carboxylic acids is 1. The Kier molecular flexibility index (Phi) is 35.1. The van der Waals surface area contributed by atoms with E-state index in [1.807, 2.05) is 0 Å². The van der Waals surface area contributed by atoms with Crippen LogP contribution in [0.3, 0.4) is 0 Å². The van der Waals surface area contributed by atoms with Crippen molar-refractivity contribution in [3.63, 3.8) is 0 Å². The van der Waals surface area contributed by atoms with Crippen molar-refractivity contribution in [3.05, 3.63) is 115 Å². The number of rotatable bonds is 5. The second-order valence-corrected chi connectivity index (χ2v) is 40.3. The van der Waals surface area contributed by atoms with Gasteiger partial charge in [0.1, 0.15) is 17.6 Å². The largest absolute Gasteiger partial charge is 0.870 e. The summed E-state index contributed by atoms with van der Waals surface area (Å²) in [7, 11) is 8.66. The van der Waals surface area contributed by atoms with Crippen molar-refractivity contribution in [3.8, 4) is 0 Å². The summed E-state index contributed by atoms with van der Waals surface area (Å²) in [4.78, 5) is 45.1. The zero-order valence-electron chi connectivity index (χ0n) is 73.3. The summed E-state index contributed by atoms with van der Waals surface area (Å²) in [5.74, 6) is -0.541. The number of allylic oxidation sites excluding steroid dienone is 2. The highest BCUT2D eigenvalue weighted by Gasteiger charge is 2.54. The first-order valence-electron chi connectivity index (χ1n) is 45.1. The molecule has 5 atom stereocenters. The lowest BCUT2D eigenvalue weighted by molar-refractivity contribution is -0.220. The lowest BCUT2D eigenvalue weighted by Crippen LogP contribution is -2.55. The molecule has 11 aliphatic heterocycles. The molecule has 678 valence electrons. The summed E-state index contributed by atoms with van der Waals surface area (Å²) >= 11 is 0. The van der Waals surface area contributed by atoms with E-state index in [0.717, 1.165) is 260 Å². The molecule has 7 N–H and O–H groups in total. The molecule has 0 radical (unpaired) electrons. The van der Waals surface area contributed by atoms with Gasteiger partial charge in [-0.15, -0.1) is 0 Å². The minimum atomic E-state index is -1.78. The van der Waals surface area contributed by atoms with E-state index >= 15 is 0 Å². The van der Waals surface area contributed by atoms with Gasteiger partial charge in [-0.05, 0) is 166 Å². The first-order valence-corrected chi connectivity index (χ1v) is 47.1. The van der Waals surface area contributed by atoms with Crippen LogP contribution in [0.15, 0.2) is 115 Å². The first-order chi connectivity index (χ1) is 57.0. The Hall–Kier alpha value is -4.79. The highest BCUT2D eigenvalue weighted by Crippen LogP contribution is 2.50. The molecule has 11 saturated heterocycles. The van der Waals surface area contributed by atoms with Crippen molar-refractivity contribution in [1.29, 1.82) is 0 Å². The molecule has 21 rings (SSSR count). The molecule has 5 unspecified atom stereocenters. The Morgan fingerprint density at radius 3 is 1.16 bits per heavy atom. The number of nitrogens with one attached hydrogen (secondary N) is 1. The van der Waals surface area contributed by atoms with E-state index < -0.39 is 12.9 Å². The monoisotopic (exact) mass is 1710 g/mol. The minimum absolute atomic E-state index is 0. The predicted molar refractivity (Wildman–Crippen MR) is 467 cm³/mol. The quantitative estimate of drug-likeness (QED) is 0.104. The number of epoxide rings is 1. The summed E-state index contributed by atoms with van der Waals surface area (Å²) in [5.41, 5.74) is 3.40. The molecular weight excluding hydrogens is 1560 g/mol. The van der Waals surface area contributed by atoms with Crippen LogP contribution in [0.5, 0.6) is 0 Å². The minimum Gasteiger partial charge on any atom is -0.870 e. The average molecular weight is 1710 g/mol. The molecule has 0 aromatic heterocycles. The number of carbonyl (C=O) groups is 3. The van der Waals surface area contributed by atoms with Crippen LogP contribution in [0, 0.1) is 5.92 Å². The van der Waals surface area contributed by atoms with Gasteiger partial charge in [-0.1, -0.05) is 116 Å². The van der Waals surface area contributed by atoms with E-state index in [2.05, 4.69) is 162 Å². The molecule has 17 fully saturated rings. The van der Waals surface area contributed by atoms with Gasteiger partial charge in [0.15, 0.2) is 23.1 Å². The number of Topliss-reactive ketones (excluding diaryl/α,β-unsaturated/α-hetero) is 2. The average Bonchev–Trinajstić information content (AvgIpc) is 1.75. The fourth-order valence-electron chi connectivity index (χ4n) is 21.2. The van der Waals surface area contributed by atoms with Gasteiger partial charge in [0.25, 0.3) is 0 Å². The second kappa shape index (κ2) is 43.8. The lowest BCUT2D eigenvalue weighted by atomic mass is 9.74. The van der Waals surface area contributed by atoms with Crippen LogP contribution in [0.2, 0.25) is 0 Å². The van der Waals surface area contributed by atoms with Gasteiger partial charge in [-0.2, -0.15) is 0 Å².